The van der Waals surface area contributed by atoms with Gasteiger partial charge in [-0.1, -0.05) is 42.5 Å². The second-order valence-corrected chi connectivity index (χ2v) is 7.86. The lowest BCUT2D eigenvalue weighted by Crippen LogP contribution is -2.10. The molecule has 4 heteroatoms. The number of furan rings is 1. The highest BCUT2D eigenvalue weighted by molar-refractivity contribution is 6.05. The van der Waals surface area contributed by atoms with Gasteiger partial charge in [-0.2, -0.15) is 0 Å². The van der Waals surface area contributed by atoms with Gasteiger partial charge in [-0.25, -0.2) is 0 Å². The average Bonchev–Trinajstić information content (AvgIpc) is 3.20. The zero-order chi connectivity index (χ0) is 22.7. The molecule has 0 atom stereocenters. The van der Waals surface area contributed by atoms with E-state index in [4.69, 9.17) is 9.15 Å². The molecule has 0 radical (unpaired) electrons. The van der Waals surface area contributed by atoms with Crippen molar-refractivity contribution in [3.8, 4) is 16.9 Å². The minimum Gasteiger partial charge on any atom is -0.493 e. The van der Waals surface area contributed by atoms with Crippen molar-refractivity contribution in [2.45, 2.75) is 27.7 Å². The molecular weight excluding hydrogens is 398 g/mol. The fraction of sp³-hybridized carbons (Fsp3) is 0.179. The third-order valence-corrected chi connectivity index (χ3v) is 5.70. The zero-order valence-electron chi connectivity index (χ0n) is 18.9. The lowest BCUT2D eigenvalue weighted by molar-refractivity contribution is -0.111. The number of anilines is 1. The van der Waals surface area contributed by atoms with Gasteiger partial charge in [-0.15, -0.1) is 0 Å². The first-order valence-electron chi connectivity index (χ1n) is 10.8. The van der Waals surface area contributed by atoms with Crippen LogP contribution in [0.3, 0.4) is 0 Å². The highest BCUT2D eigenvalue weighted by Crippen LogP contribution is 2.37. The number of aryl methyl sites for hydroxylation is 1. The van der Waals surface area contributed by atoms with Crippen LogP contribution in [0.15, 0.2) is 77.4 Å². The topological polar surface area (TPSA) is 51.5 Å². The molecule has 32 heavy (non-hydrogen) atoms. The molecule has 0 saturated carbocycles. The summed E-state index contributed by atoms with van der Waals surface area (Å²) < 4.78 is 11.7. The third kappa shape index (κ3) is 4.30. The van der Waals surface area contributed by atoms with Crippen LogP contribution in [0.2, 0.25) is 0 Å². The van der Waals surface area contributed by atoms with Gasteiger partial charge in [0.25, 0.3) is 0 Å². The Hall–Kier alpha value is -3.79. The lowest BCUT2D eigenvalue weighted by Gasteiger charge is -2.12. The largest absolute Gasteiger partial charge is 0.493 e. The van der Waals surface area contributed by atoms with Crippen molar-refractivity contribution in [3.05, 3.63) is 89.7 Å². The van der Waals surface area contributed by atoms with Crippen LogP contribution in [0.4, 0.5) is 5.69 Å². The Morgan fingerprint density at radius 3 is 2.59 bits per heavy atom. The predicted octanol–water partition coefficient (Wildman–Crippen LogP) is 7.16. The van der Waals surface area contributed by atoms with Crippen molar-refractivity contribution in [1.82, 2.24) is 0 Å². The number of rotatable bonds is 6. The van der Waals surface area contributed by atoms with Gasteiger partial charge in [-0.05, 0) is 62.1 Å². The van der Waals surface area contributed by atoms with E-state index in [0.29, 0.717) is 12.4 Å². The molecule has 162 valence electrons. The number of fused-ring (bicyclic) bond motifs is 1. The van der Waals surface area contributed by atoms with Gasteiger partial charge in [-0.3, -0.25) is 4.79 Å². The third-order valence-electron chi connectivity index (χ3n) is 5.70. The maximum atomic E-state index is 12.8. The fourth-order valence-corrected chi connectivity index (χ4v) is 3.81. The van der Waals surface area contributed by atoms with Gasteiger partial charge < -0.3 is 14.5 Å². The minimum absolute atomic E-state index is 0.172. The molecule has 0 aliphatic heterocycles. The van der Waals surface area contributed by atoms with Crippen LogP contribution in [0.25, 0.3) is 27.7 Å². The Kier molecular flexibility index (Phi) is 6.13. The molecule has 1 N–H and O–H groups in total. The Labute approximate surface area is 188 Å². The minimum atomic E-state index is -0.172. The van der Waals surface area contributed by atoms with E-state index in [-0.39, 0.29) is 5.91 Å². The molecule has 0 fully saturated rings. The number of hydrogen-bond donors (Lipinski definition) is 1. The van der Waals surface area contributed by atoms with Crippen molar-refractivity contribution in [2.75, 3.05) is 11.9 Å². The number of benzene rings is 3. The van der Waals surface area contributed by atoms with E-state index in [1.807, 2.05) is 76.2 Å². The fourth-order valence-electron chi connectivity index (χ4n) is 3.81. The van der Waals surface area contributed by atoms with E-state index in [9.17, 15) is 4.79 Å². The Morgan fingerprint density at radius 2 is 1.84 bits per heavy atom. The van der Waals surface area contributed by atoms with Crippen molar-refractivity contribution in [3.63, 3.8) is 0 Å². The molecule has 0 saturated heterocycles. The maximum Gasteiger partial charge on any atom is 0.248 e. The molecule has 1 aromatic heterocycles. The van der Waals surface area contributed by atoms with Gasteiger partial charge in [0.15, 0.2) is 0 Å². The predicted molar refractivity (Wildman–Crippen MR) is 131 cm³/mol. The summed E-state index contributed by atoms with van der Waals surface area (Å²) in [7, 11) is 0. The van der Waals surface area contributed by atoms with Crippen LogP contribution >= 0.6 is 0 Å². The molecule has 0 spiro atoms. The second-order valence-electron chi connectivity index (χ2n) is 7.86. The second kappa shape index (κ2) is 9.15. The first kappa shape index (κ1) is 21.4. The lowest BCUT2D eigenvalue weighted by atomic mass is 9.99. The van der Waals surface area contributed by atoms with Crippen LogP contribution in [0.1, 0.15) is 30.5 Å². The summed E-state index contributed by atoms with van der Waals surface area (Å²) >= 11 is 0. The molecule has 0 aliphatic carbocycles. The number of carbonyl (C=O) groups excluding carboxylic acids is 1. The molecule has 4 aromatic rings. The number of amides is 1. The smallest absolute Gasteiger partial charge is 0.248 e. The number of hydrogen-bond acceptors (Lipinski definition) is 3. The number of allylic oxidation sites excluding steroid dienone is 1. The van der Waals surface area contributed by atoms with Gasteiger partial charge >= 0.3 is 0 Å². The SMILES string of the molecule is CCOc1cc2occ(-c3ccccc3)c2cc1/C(C)=C/C(=O)Nc1cccc(C)c1C. The van der Waals surface area contributed by atoms with E-state index in [1.54, 1.807) is 12.3 Å². The van der Waals surface area contributed by atoms with E-state index >= 15 is 0 Å². The summed E-state index contributed by atoms with van der Waals surface area (Å²) in [5.74, 6) is 0.525. The first-order chi connectivity index (χ1) is 15.5. The molecule has 4 nitrogen and oxygen atoms in total. The average molecular weight is 426 g/mol. The van der Waals surface area contributed by atoms with Crippen molar-refractivity contribution in [2.24, 2.45) is 0 Å². The van der Waals surface area contributed by atoms with Crippen molar-refractivity contribution in [1.29, 1.82) is 0 Å². The summed E-state index contributed by atoms with van der Waals surface area (Å²) in [6, 6.07) is 20.0. The Bertz CT molecular complexity index is 1300. The summed E-state index contributed by atoms with van der Waals surface area (Å²) in [5, 5.41) is 3.98. The van der Waals surface area contributed by atoms with Crippen molar-refractivity contribution < 1.29 is 13.9 Å². The van der Waals surface area contributed by atoms with E-state index in [1.165, 1.54) is 0 Å². The normalized spacial score (nSPS) is 11.6. The van der Waals surface area contributed by atoms with Gasteiger partial charge in [0.2, 0.25) is 5.91 Å². The van der Waals surface area contributed by atoms with E-state index < -0.39 is 0 Å². The molecule has 3 aromatic carbocycles. The van der Waals surface area contributed by atoms with Gasteiger partial charge in [0.05, 0.1) is 12.9 Å². The van der Waals surface area contributed by atoms with E-state index in [2.05, 4.69) is 17.4 Å². The number of ether oxygens (including phenoxy) is 1. The summed E-state index contributed by atoms with van der Waals surface area (Å²) in [6.45, 7) is 8.43. The molecule has 4 rings (SSSR count). The van der Waals surface area contributed by atoms with Crippen LogP contribution < -0.4 is 10.1 Å². The van der Waals surface area contributed by atoms with Gasteiger partial charge in [0, 0.05) is 34.3 Å². The Morgan fingerprint density at radius 1 is 1.06 bits per heavy atom. The molecule has 1 amide bonds. The highest BCUT2D eigenvalue weighted by atomic mass is 16.5. The van der Waals surface area contributed by atoms with Gasteiger partial charge in [0.1, 0.15) is 11.3 Å². The first-order valence-corrected chi connectivity index (χ1v) is 10.8. The summed E-state index contributed by atoms with van der Waals surface area (Å²) in [6.07, 6.45) is 3.39. The van der Waals surface area contributed by atoms with Crippen LogP contribution in [0.5, 0.6) is 5.75 Å². The molecule has 0 unspecified atom stereocenters. The number of nitrogens with one attached hydrogen (secondary N) is 1. The van der Waals surface area contributed by atoms with E-state index in [0.717, 1.165) is 50.0 Å². The molecule has 1 heterocycles. The maximum absolute atomic E-state index is 12.8. The Balaban J connectivity index is 1.73. The highest BCUT2D eigenvalue weighted by Gasteiger charge is 2.15. The zero-order valence-corrected chi connectivity index (χ0v) is 18.9. The van der Waals surface area contributed by atoms with Crippen LogP contribution in [-0.4, -0.2) is 12.5 Å². The monoisotopic (exact) mass is 425 g/mol. The van der Waals surface area contributed by atoms with Crippen LogP contribution in [0, 0.1) is 13.8 Å². The van der Waals surface area contributed by atoms with Crippen LogP contribution in [-0.2, 0) is 4.79 Å². The summed E-state index contributed by atoms with van der Waals surface area (Å²) in [4.78, 5) is 12.8. The molecule has 0 bridgehead atoms. The molecular formula is C28H27NO3. The summed E-state index contributed by atoms with van der Waals surface area (Å²) in [5.41, 5.74) is 7.56. The quantitative estimate of drug-likeness (QED) is 0.334. The standard InChI is InChI=1S/C28H27NO3/c1-5-31-26-16-27-23(24(17-32-27)21-11-7-6-8-12-21)15-22(26)19(3)14-28(30)29-25-13-9-10-18(2)20(25)4/h6-17H,5H2,1-4H3,(H,29,30)/b19-14+. The van der Waals surface area contributed by atoms with Crippen molar-refractivity contribution >= 4 is 28.1 Å². The number of carbonyl (C=O) groups is 1. The molecule has 0 aliphatic rings.